The molecular weight excluding hydrogens is 200 g/mol. The van der Waals surface area contributed by atoms with Gasteiger partial charge < -0.3 is 20.7 Å². The van der Waals surface area contributed by atoms with E-state index < -0.39 is 18.4 Å². The van der Waals surface area contributed by atoms with Gasteiger partial charge in [-0.2, -0.15) is 0 Å². The lowest BCUT2D eigenvalue weighted by molar-refractivity contribution is -0.135. The van der Waals surface area contributed by atoms with Crippen LogP contribution in [0.3, 0.4) is 0 Å². The molecule has 0 saturated carbocycles. The Balaban J connectivity index is 2.54. The van der Waals surface area contributed by atoms with Crippen LogP contribution in [-0.2, 0) is 11.3 Å². The normalized spacial score (nSPS) is 9.93. The van der Waals surface area contributed by atoms with Gasteiger partial charge in [-0.15, -0.1) is 0 Å². The number of hydrogen-bond acceptors (Lipinski definition) is 4. The third kappa shape index (κ3) is 3.39. The Labute approximate surface area is 85.9 Å². The number of nitrogens with zero attached hydrogens (tertiary/aromatic N) is 2. The van der Waals surface area contributed by atoms with Gasteiger partial charge >= 0.3 is 5.97 Å². The lowest BCUT2D eigenvalue weighted by atomic mass is 10.4. The average molecular weight is 212 g/mol. The van der Waals surface area contributed by atoms with Crippen molar-refractivity contribution in [1.29, 1.82) is 0 Å². The minimum Gasteiger partial charge on any atom is -0.480 e. The van der Waals surface area contributed by atoms with Crippen LogP contribution in [0.15, 0.2) is 12.5 Å². The molecule has 1 aromatic heterocycles. The van der Waals surface area contributed by atoms with E-state index >= 15 is 0 Å². The van der Waals surface area contributed by atoms with E-state index in [1.165, 1.54) is 12.5 Å². The number of aromatic nitrogens is 2. The smallest absolute Gasteiger partial charge is 0.322 e. The summed E-state index contributed by atoms with van der Waals surface area (Å²) >= 11 is 0. The highest BCUT2D eigenvalue weighted by Gasteiger charge is 2.09. The minimum absolute atomic E-state index is 0.185. The van der Waals surface area contributed by atoms with Crippen molar-refractivity contribution in [3.63, 3.8) is 0 Å². The SMILES string of the molecule is NCCn1cnc(C(=O)NCC(=O)O)c1. The highest BCUT2D eigenvalue weighted by atomic mass is 16.4. The van der Waals surface area contributed by atoms with Crippen LogP contribution in [0.25, 0.3) is 0 Å². The molecule has 7 heteroatoms. The third-order valence-electron chi connectivity index (χ3n) is 1.65. The zero-order valence-electron chi connectivity index (χ0n) is 8.01. The maximum Gasteiger partial charge on any atom is 0.322 e. The molecular formula is C8H12N4O3. The molecule has 4 N–H and O–H groups in total. The first kappa shape index (κ1) is 11.2. The third-order valence-corrected chi connectivity index (χ3v) is 1.65. The molecule has 82 valence electrons. The van der Waals surface area contributed by atoms with E-state index in [0.29, 0.717) is 13.1 Å². The van der Waals surface area contributed by atoms with Gasteiger partial charge in [-0.05, 0) is 0 Å². The van der Waals surface area contributed by atoms with Crippen LogP contribution in [0.2, 0.25) is 0 Å². The van der Waals surface area contributed by atoms with Crippen molar-refractivity contribution in [1.82, 2.24) is 14.9 Å². The molecule has 1 aromatic rings. The fourth-order valence-electron chi connectivity index (χ4n) is 0.995. The highest BCUT2D eigenvalue weighted by Crippen LogP contribution is 1.95. The van der Waals surface area contributed by atoms with E-state index in [4.69, 9.17) is 10.8 Å². The van der Waals surface area contributed by atoms with E-state index in [-0.39, 0.29) is 5.69 Å². The number of carboxylic acid groups (broad SMARTS) is 1. The zero-order valence-corrected chi connectivity index (χ0v) is 8.01. The Kier molecular flexibility index (Phi) is 3.81. The van der Waals surface area contributed by atoms with Crippen molar-refractivity contribution in [3.05, 3.63) is 18.2 Å². The number of amides is 1. The molecule has 1 heterocycles. The number of hydrogen-bond donors (Lipinski definition) is 3. The maximum absolute atomic E-state index is 11.3. The Morgan fingerprint density at radius 3 is 2.93 bits per heavy atom. The lowest BCUT2D eigenvalue weighted by Crippen LogP contribution is -2.29. The second kappa shape index (κ2) is 5.11. The number of rotatable bonds is 5. The van der Waals surface area contributed by atoms with Crippen molar-refractivity contribution in [2.24, 2.45) is 5.73 Å². The van der Waals surface area contributed by atoms with Gasteiger partial charge in [-0.1, -0.05) is 0 Å². The predicted molar refractivity (Wildman–Crippen MR) is 51.3 cm³/mol. The van der Waals surface area contributed by atoms with Gasteiger partial charge in [-0.25, -0.2) is 4.98 Å². The number of carboxylic acids is 1. The molecule has 0 aromatic carbocycles. The number of imidazole rings is 1. The van der Waals surface area contributed by atoms with Crippen LogP contribution < -0.4 is 11.1 Å². The molecule has 0 spiro atoms. The van der Waals surface area contributed by atoms with Gasteiger partial charge in [0.05, 0.1) is 6.33 Å². The molecule has 0 bridgehead atoms. The standard InChI is InChI=1S/C8H12N4O3/c9-1-2-12-4-6(11-5-12)8(15)10-3-7(13)14/h4-5H,1-3,9H2,(H,10,15)(H,13,14). The van der Waals surface area contributed by atoms with Crippen molar-refractivity contribution < 1.29 is 14.7 Å². The second-order valence-electron chi connectivity index (χ2n) is 2.86. The van der Waals surface area contributed by atoms with Crippen molar-refractivity contribution in [2.45, 2.75) is 6.54 Å². The van der Waals surface area contributed by atoms with E-state index in [2.05, 4.69) is 10.3 Å². The molecule has 0 atom stereocenters. The summed E-state index contributed by atoms with van der Waals surface area (Å²) in [6.45, 7) is 0.605. The van der Waals surface area contributed by atoms with Crippen LogP contribution in [0.4, 0.5) is 0 Å². The average Bonchev–Trinajstić information content (AvgIpc) is 2.63. The highest BCUT2D eigenvalue weighted by molar-refractivity contribution is 5.93. The van der Waals surface area contributed by atoms with Gasteiger partial charge in [0.1, 0.15) is 12.2 Å². The molecule has 0 radical (unpaired) electrons. The molecule has 0 aliphatic rings. The van der Waals surface area contributed by atoms with Crippen molar-refractivity contribution in [3.8, 4) is 0 Å². The zero-order chi connectivity index (χ0) is 11.3. The van der Waals surface area contributed by atoms with Crippen LogP contribution in [0, 0.1) is 0 Å². The van der Waals surface area contributed by atoms with Gasteiger partial charge in [0.2, 0.25) is 0 Å². The maximum atomic E-state index is 11.3. The van der Waals surface area contributed by atoms with E-state index in [9.17, 15) is 9.59 Å². The number of nitrogens with two attached hydrogens (primary N) is 1. The quantitative estimate of drug-likeness (QED) is 0.559. The van der Waals surface area contributed by atoms with Crippen LogP contribution in [0.1, 0.15) is 10.5 Å². The van der Waals surface area contributed by atoms with Crippen LogP contribution >= 0.6 is 0 Å². The summed E-state index contributed by atoms with van der Waals surface area (Å²) in [5.74, 6) is -1.60. The number of carbonyl (C=O) groups excluding carboxylic acids is 1. The summed E-state index contributed by atoms with van der Waals surface area (Å²) < 4.78 is 1.66. The summed E-state index contributed by atoms with van der Waals surface area (Å²) in [6, 6.07) is 0. The summed E-state index contributed by atoms with van der Waals surface area (Å²) in [7, 11) is 0. The Morgan fingerprint density at radius 2 is 2.33 bits per heavy atom. The monoisotopic (exact) mass is 212 g/mol. The summed E-state index contributed by atoms with van der Waals surface area (Å²) in [6.07, 6.45) is 2.99. The molecule has 1 amide bonds. The number of carbonyl (C=O) groups is 2. The topological polar surface area (TPSA) is 110 Å². The largest absolute Gasteiger partial charge is 0.480 e. The van der Waals surface area contributed by atoms with E-state index in [0.717, 1.165) is 0 Å². The first-order valence-corrected chi connectivity index (χ1v) is 4.35. The van der Waals surface area contributed by atoms with Gasteiger partial charge in [-0.3, -0.25) is 9.59 Å². The Morgan fingerprint density at radius 1 is 1.60 bits per heavy atom. The van der Waals surface area contributed by atoms with Gasteiger partial charge in [0, 0.05) is 19.3 Å². The molecule has 0 fully saturated rings. The summed E-state index contributed by atoms with van der Waals surface area (Å²) in [4.78, 5) is 25.3. The second-order valence-corrected chi connectivity index (χ2v) is 2.86. The molecule has 0 unspecified atom stereocenters. The van der Waals surface area contributed by atoms with Gasteiger partial charge in [0.25, 0.3) is 5.91 Å². The molecule has 0 saturated heterocycles. The molecule has 7 nitrogen and oxygen atoms in total. The summed E-state index contributed by atoms with van der Waals surface area (Å²) in [5.41, 5.74) is 5.50. The van der Waals surface area contributed by atoms with E-state index in [1.807, 2.05) is 0 Å². The first-order valence-electron chi connectivity index (χ1n) is 4.35. The first-order chi connectivity index (χ1) is 7.13. The lowest BCUT2D eigenvalue weighted by Gasteiger charge is -1.98. The fraction of sp³-hybridized carbons (Fsp3) is 0.375. The Hall–Kier alpha value is -1.89. The Bertz CT molecular complexity index is 361. The summed E-state index contributed by atoms with van der Waals surface area (Å²) in [5, 5.41) is 10.6. The van der Waals surface area contributed by atoms with E-state index in [1.54, 1.807) is 4.57 Å². The molecule has 0 aliphatic carbocycles. The molecule has 15 heavy (non-hydrogen) atoms. The van der Waals surface area contributed by atoms with Crippen LogP contribution in [-0.4, -0.2) is 39.6 Å². The number of nitrogens with one attached hydrogen (secondary N) is 1. The predicted octanol–water partition coefficient (Wildman–Crippen LogP) is -1.34. The minimum atomic E-state index is -1.09. The van der Waals surface area contributed by atoms with Crippen molar-refractivity contribution in [2.75, 3.05) is 13.1 Å². The van der Waals surface area contributed by atoms with Crippen molar-refractivity contribution >= 4 is 11.9 Å². The molecule has 0 aliphatic heterocycles. The van der Waals surface area contributed by atoms with Crippen LogP contribution in [0.5, 0.6) is 0 Å². The molecule has 1 rings (SSSR count). The van der Waals surface area contributed by atoms with Gasteiger partial charge in [0.15, 0.2) is 0 Å². The fourth-order valence-corrected chi connectivity index (χ4v) is 0.995. The number of aliphatic carboxylic acids is 1.